The van der Waals surface area contributed by atoms with Crippen LogP contribution in [0.25, 0.3) is 0 Å². The lowest BCUT2D eigenvalue weighted by Crippen LogP contribution is -2.48. The number of H-pyrrole nitrogens is 1. The van der Waals surface area contributed by atoms with E-state index in [4.69, 9.17) is 0 Å². The summed E-state index contributed by atoms with van der Waals surface area (Å²) < 4.78 is 39.1. The molecular formula is C15H16F3N5O. The minimum Gasteiger partial charge on any atom is -0.335 e. The Kier molecular flexibility index (Phi) is 4.52. The number of pyridine rings is 1. The van der Waals surface area contributed by atoms with Crippen molar-refractivity contribution in [3.05, 3.63) is 47.5 Å². The molecule has 1 fully saturated rings. The van der Waals surface area contributed by atoms with E-state index in [-0.39, 0.29) is 0 Å². The van der Waals surface area contributed by atoms with Crippen LogP contribution in [-0.4, -0.2) is 57.1 Å². The first-order valence-electron chi connectivity index (χ1n) is 7.46. The van der Waals surface area contributed by atoms with Gasteiger partial charge in [0.25, 0.3) is 5.91 Å². The molecule has 1 saturated heterocycles. The highest BCUT2D eigenvalue weighted by molar-refractivity contribution is 5.94. The predicted octanol–water partition coefficient (Wildman–Crippen LogP) is 1.78. The van der Waals surface area contributed by atoms with Crippen molar-refractivity contribution in [1.29, 1.82) is 0 Å². The quantitative estimate of drug-likeness (QED) is 0.926. The molecule has 0 bridgehead atoms. The Labute approximate surface area is 136 Å². The molecule has 3 heterocycles. The second-order valence-corrected chi connectivity index (χ2v) is 5.57. The number of nitrogens with zero attached hydrogens (tertiary/aromatic N) is 4. The second kappa shape index (κ2) is 6.60. The average molecular weight is 339 g/mol. The van der Waals surface area contributed by atoms with Crippen LogP contribution in [0.15, 0.2) is 30.7 Å². The van der Waals surface area contributed by atoms with Gasteiger partial charge >= 0.3 is 6.18 Å². The van der Waals surface area contributed by atoms with E-state index in [0.29, 0.717) is 32.7 Å². The lowest BCUT2D eigenvalue weighted by Gasteiger charge is -2.34. The third kappa shape index (κ3) is 3.56. The lowest BCUT2D eigenvalue weighted by atomic mass is 10.1. The monoisotopic (exact) mass is 339 g/mol. The van der Waals surface area contributed by atoms with Crippen LogP contribution in [0.3, 0.4) is 0 Å². The molecule has 9 heteroatoms. The number of carbonyl (C=O) groups excluding carboxylic acids is 1. The molecule has 1 N–H and O–H groups in total. The molecule has 2 aromatic heterocycles. The van der Waals surface area contributed by atoms with E-state index < -0.39 is 23.3 Å². The highest BCUT2D eigenvalue weighted by Gasteiger charge is 2.37. The number of hydrogen-bond donors (Lipinski definition) is 1. The molecule has 0 radical (unpaired) electrons. The first-order chi connectivity index (χ1) is 11.4. The molecule has 2 aromatic rings. The number of amides is 1. The average Bonchev–Trinajstić information content (AvgIpc) is 3.07. The van der Waals surface area contributed by atoms with Gasteiger partial charge in [-0.1, -0.05) is 0 Å². The Morgan fingerprint density at radius 1 is 1.25 bits per heavy atom. The summed E-state index contributed by atoms with van der Waals surface area (Å²) in [7, 11) is 0. The molecule has 0 aromatic carbocycles. The highest BCUT2D eigenvalue weighted by Crippen LogP contribution is 2.31. The van der Waals surface area contributed by atoms with Gasteiger partial charge in [-0.2, -0.15) is 18.3 Å². The van der Waals surface area contributed by atoms with Gasteiger partial charge in [0.05, 0.1) is 11.8 Å². The molecular weight excluding hydrogens is 323 g/mol. The lowest BCUT2D eigenvalue weighted by molar-refractivity contribution is -0.138. The zero-order valence-corrected chi connectivity index (χ0v) is 12.8. The largest absolute Gasteiger partial charge is 0.418 e. The van der Waals surface area contributed by atoms with Crippen molar-refractivity contribution in [3.8, 4) is 0 Å². The smallest absolute Gasteiger partial charge is 0.335 e. The topological polar surface area (TPSA) is 65.1 Å². The molecule has 0 saturated carbocycles. The maximum atomic E-state index is 13.0. The van der Waals surface area contributed by atoms with Crippen molar-refractivity contribution >= 4 is 5.91 Å². The van der Waals surface area contributed by atoms with Crippen molar-refractivity contribution in [2.45, 2.75) is 12.7 Å². The number of halogens is 3. The minimum atomic E-state index is -4.59. The fourth-order valence-corrected chi connectivity index (χ4v) is 2.69. The number of nitrogens with one attached hydrogen (secondary N) is 1. The molecule has 24 heavy (non-hydrogen) atoms. The Morgan fingerprint density at radius 2 is 2.00 bits per heavy atom. The fraction of sp³-hybridized carbons (Fsp3) is 0.400. The number of aromatic nitrogens is 3. The van der Waals surface area contributed by atoms with Gasteiger partial charge in [0.1, 0.15) is 5.69 Å². The Morgan fingerprint density at radius 3 is 2.62 bits per heavy atom. The van der Waals surface area contributed by atoms with Gasteiger partial charge in [-0.15, -0.1) is 0 Å². The molecule has 0 spiro atoms. The van der Waals surface area contributed by atoms with Crippen LogP contribution in [0.5, 0.6) is 0 Å². The number of hydrogen-bond acceptors (Lipinski definition) is 4. The molecule has 6 nitrogen and oxygen atoms in total. The van der Waals surface area contributed by atoms with Gasteiger partial charge in [-0.25, -0.2) is 0 Å². The van der Waals surface area contributed by atoms with Crippen molar-refractivity contribution < 1.29 is 18.0 Å². The molecule has 1 aliphatic heterocycles. The number of aromatic amines is 1. The molecule has 1 amide bonds. The molecule has 0 unspecified atom stereocenters. The van der Waals surface area contributed by atoms with E-state index >= 15 is 0 Å². The first kappa shape index (κ1) is 16.4. The maximum Gasteiger partial charge on any atom is 0.418 e. The van der Waals surface area contributed by atoms with E-state index in [1.54, 1.807) is 12.4 Å². The van der Waals surface area contributed by atoms with Crippen LogP contribution >= 0.6 is 0 Å². The molecule has 1 aliphatic rings. The summed E-state index contributed by atoms with van der Waals surface area (Å²) in [5.41, 5.74) is -0.497. The number of alkyl halides is 3. The third-order valence-corrected chi connectivity index (χ3v) is 3.94. The number of piperazine rings is 1. The zero-order valence-electron chi connectivity index (χ0n) is 12.8. The normalized spacial score (nSPS) is 16.4. The van der Waals surface area contributed by atoms with Crippen molar-refractivity contribution in [1.82, 2.24) is 25.0 Å². The Bertz CT molecular complexity index is 693. The van der Waals surface area contributed by atoms with Crippen LogP contribution in [0.1, 0.15) is 21.6 Å². The molecule has 3 rings (SSSR count). The van der Waals surface area contributed by atoms with Crippen LogP contribution < -0.4 is 0 Å². The summed E-state index contributed by atoms with van der Waals surface area (Å²) in [5.74, 6) is -0.675. The fourth-order valence-electron chi connectivity index (χ4n) is 2.69. The number of carbonyl (C=O) groups is 1. The third-order valence-electron chi connectivity index (χ3n) is 3.94. The predicted molar refractivity (Wildman–Crippen MR) is 79.0 cm³/mol. The summed E-state index contributed by atoms with van der Waals surface area (Å²) in [5, 5.41) is 6.60. The van der Waals surface area contributed by atoms with Gasteiger partial charge in [0, 0.05) is 50.7 Å². The molecule has 0 atom stereocenters. The maximum absolute atomic E-state index is 13.0. The summed E-state index contributed by atoms with van der Waals surface area (Å²) in [4.78, 5) is 19.6. The summed E-state index contributed by atoms with van der Waals surface area (Å²) in [6.07, 6.45) is 0.127. The zero-order chi connectivity index (χ0) is 17.2. The van der Waals surface area contributed by atoms with Crippen molar-refractivity contribution in [3.63, 3.8) is 0 Å². The first-order valence-corrected chi connectivity index (χ1v) is 7.46. The molecule has 0 aliphatic carbocycles. The van der Waals surface area contributed by atoms with Crippen molar-refractivity contribution in [2.24, 2.45) is 0 Å². The van der Waals surface area contributed by atoms with Crippen molar-refractivity contribution in [2.75, 3.05) is 26.2 Å². The summed E-state index contributed by atoms with van der Waals surface area (Å²) >= 11 is 0. The van der Waals surface area contributed by atoms with E-state index in [9.17, 15) is 18.0 Å². The highest BCUT2D eigenvalue weighted by atomic mass is 19.4. The van der Waals surface area contributed by atoms with Gasteiger partial charge in [0.15, 0.2) is 0 Å². The van der Waals surface area contributed by atoms with Crippen LogP contribution in [-0.2, 0) is 12.7 Å². The van der Waals surface area contributed by atoms with E-state index in [0.717, 1.165) is 11.6 Å². The van der Waals surface area contributed by atoms with Crippen LogP contribution in [0.4, 0.5) is 13.2 Å². The Balaban J connectivity index is 1.66. The van der Waals surface area contributed by atoms with Crippen LogP contribution in [0.2, 0.25) is 0 Å². The Hall–Kier alpha value is -2.42. The van der Waals surface area contributed by atoms with Crippen LogP contribution in [0, 0.1) is 0 Å². The standard InChI is InChI=1S/C15H16F3N5O/c16-15(17,18)12-2-1-3-19-13(12)14(24)23-6-4-22(5-7-23)10-11-8-20-21-9-11/h1-3,8-9H,4-7,10H2,(H,20,21). The summed E-state index contributed by atoms with van der Waals surface area (Å²) in [6, 6.07) is 2.07. The molecule has 128 valence electrons. The van der Waals surface area contributed by atoms with Gasteiger partial charge in [-0.05, 0) is 12.1 Å². The SMILES string of the molecule is O=C(c1ncccc1C(F)(F)F)N1CCN(Cc2cn[nH]c2)CC1. The summed E-state index contributed by atoms with van der Waals surface area (Å²) in [6.45, 7) is 2.60. The van der Waals surface area contributed by atoms with E-state index in [1.807, 2.05) is 0 Å². The number of rotatable bonds is 3. The van der Waals surface area contributed by atoms with Gasteiger partial charge < -0.3 is 4.90 Å². The van der Waals surface area contributed by atoms with E-state index in [2.05, 4.69) is 20.1 Å². The second-order valence-electron chi connectivity index (χ2n) is 5.57. The minimum absolute atomic E-state index is 0.366. The van der Waals surface area contributed by atoms with Gasteiger partial charge in [-0.3, -0.25) is 19.8 Å². The van der Waals surface area contributed by atoms with Gasteiger partial charge in [0.2, 0.25) is 0 Å². The van der Waals surface area contributed by atoms with E-state index in [1.165, 1.54) is 17.2 Å².